The number of nitrogens with two attached hydrogens (primary N) is 1. The third-order valence-corrected chi connectivity index (χ3v) is 3.84. The maximum absolute atomic E-state index is 11.7. The minimum absolute atomic E-state index is 0.0380. The highest BCUT2D eigenvalue weighted by molar-refractivity contribution is 5.77. The van der Waals surface area contributed by atoms with Gasteiger partial charge in [0.2, 0.25) is 5.91 Å². The standard InChI is InChI=1S/C13H24N2O2/c14-10-4-3-7-12(8-10)17-9-13(16)15-11-5-1-2-6-11/h10-12H,1-9,14H2,(H,15,16). The fourth-order valence-electron chi connectivity index (χ4n) is 2.87. The van der Waals surface area contributed by atoms with Crippen LogP contribution in [0.5, 0.6) is 0 Å². The van der Waals surface area contributed by atoms with Gasteiger partial charge in [0.15, 0.2) is 0 Å². The highest BCUT2D eigenvalue weighted by Crippen LogP contribution is 2.20. The van der Waals surface area contributed by atoms with Crippen LogP contribution in [0.3, 0.4) is 0 Å². The molecule has 0 radical (unpaired) electrons. The molecule has 4 nitrogen and oxygen atoms in total. The van der Waals surface area contributed by atoms with E-state index in [0.717, 1.165) is 38.5 Å². The molecule has 2 aliphatic carbocycles. The number of amides is 1. The molecule has 0 aliphatic heterocycles. The third-order valence-electron chi connectivity index (χ3n) is 3.84. The molecule has 2 saturated carbocycles. The zero-order valence-corrected chi connectivity index (χ0v) is 10.5. The monoisotopic (exact) mass is 240 g/mol. The van der Waals surface area contributed by atoms with E-state index in [1.165, 1.54) is 12.8 Å². The number of ether oxygens (including phenoxy) is 1. The van der Waals surface area contributed by atoms with Crippen molar-refractivity contribution >= 4 is 5.91 Å². The number of hydrogen-bond acceptors (Lipinski definition) is 3. The maximum atomic E-state index is 11.7. The second-order valence-corrected chi connectivity index (χ2v) is 5.41. The molecule has 2 aliphatic rings. The van der Waals surface area contributed by atoms with Gasteiger partial charge in [0.1, 0.15) is 6.61 Å². The van der Waals surface area contributed by atoms with E-state index in [4.69, 9.17) is 10.5 Å². The van der Waals surface area contributed by atoms with Crippen molar-refractivity contribution in [2.75, 3.05) is 6.61 Å². The Labute approximate surface area is 103 Å². The van der Waals surface area contributed by atoms with Crippen LogP contribution in [0.15, 0.2) is 0 Å². The lowest BCUT2D eigenvalue weighted by atomic mass is 9.94. The van der Waals surface area contributed by atoms with Crippen molar-refractivity contribution in [3.63, 3.8) is 0 Å². The molecule has 4 heteroatoms. The summed E-state index contributed by atoms with van der Waals surface area (Å²) < 4.78 is 5.63. The van der Waals surface area contributed by atoms with Crippen molar-refractivity contribution in [2.45, 2.75) is 69.6 Å². The number of nitrogens with one attached hydrogen (secondary N) is 1. The highest BCUT2D eigenvalue weighted by atomic mass is 16.5. The molecule has 17 heavy (non-hydrogen) atoms. The number of hydrogen-bond donors (Lipinski definition) is 2. The molecule has 0 spiro atoms. The summed E-state index contributed by atoms with van der Waals surface area (Å²) in [6.07, 6.45) is 9.07. The molecule has 0 aromatic carbocycles. The van der Waals surface area contributed by atoms with Gasteiger partial charge in [-0.2, -0.15) is 0 Å². The lowest BCUT2D eigenvalue weighted by Gasteiger charge is -2.26. The van der Waals surface area contributed by atoms with Gasteiger partial charge in [0.25, 0.3) is 0 Å². The molecule has 2 fully saturated rings. The van der Waals surface area contributed by atoms with Crippen molar-refractivity contribution in [1.29, 1.82) is 0 Å². The Morgan fingerprint density at radius 1 is 1.18 bits per heavy atom. The molecule has 0 aromatic rings. The van der Waals surface area contributed by atoms with Crippen LogP contribution in [0.4, 0.5) is 0 Å². The van der Waals surface area contributed by atoms with Crippen LogP contribution >= 0.6 is 0 Å². The summed E-state index contributed by atoms with van der Waals surface area (Å²) in [7, 11) is 0. The second kappa shape index (κ2) is 6.36. The normalized spacial score (nSPS) is 30.4. The van der Waals surface area contributed by atoms with E-state index in [-0.39, 0.29) is 24.7 Å². The first-order chi connectivity index (χ1) is 8.24. The first-order valence-electron chi connectivity index (χ1n) is 6.90. The topological polar surface area (TPSA) is 64.3 Å². The largest absolute Gasteiger partial charge is 0.368 e. The Bertz CT molecular complexity index is 252. The van der Waals surface area contributed by atoms with Crippen molar-refractivity contribution in [2.24, 2.45) is 5.73 Å². The van der Waals surface area contributed by atoms with E-state index in [9.17, 15) is 4.79 Å². The summed E-state index contributed by atoms with van der Waals surface area (Å²) in [4.78, 5) is 11.7. The van der Waals surface area contributed by atoms with Crippen LogP contribution in [0.25, 0.3) is 0 Å². The van der Waals surface area contributed by atoms with Gasteiger partial charge in [-0.15, -0.1) is 0 Å². The first kappa shape index (κ1) is 12.8. The van der Waals surface area contributed by atoms with Crippen LogP contribution in [0.1, 0.15) is 51.4 Å². The smallest absolute Gasteiger partial charge is 0.246 e. The van der Waals surface area contributed by atoms with Crippen LogP contribution in [0.2, 0.25) is 0 Å². The van der Waals surface area contributed by atoms with Gasteiger partial charge in [-0.25, -0.2) is 0 Å². The van der Waals surface area contributed by atoms with E-state index in [2.05, 4.69) is 5.32 Å². The maximum Gasteiger partial charge on any atom is 0.246 e. The van der Waals surface area contributed by atoms with Gasteiger partial charge >= 0.3 is 0 Å². The lowest BCUT2D eigenvalue weighted by molar-refractivity contribution is -0.129. The van der Waals surface area contributed by atoms with Crippen molar-refractivity contribution in [3.8, 4) is 0 Å². The zero-order valence-electron chi connectivity index (χ0n) is 10.5. The van der Waals surface area contributed by atoms with E-state index in [1.807, 2.05) is 0 Å². The highest BCUT2D eigenvalue weighted by Gasteiger charge is 2.21. The van der Waals surface area contributed by atoms with Gasteiger partial charge in [-0.1, -0.05) is 12.8 Å². The number of carbonyl (C=O) groups is 1. The van der Waals surface area contributed by atoms with Gasteiger partial charge in [-0.3, -0.25) is 4.79 Å². The Hall–Kier alpha value is -0.610. The van der Waals surface area contributed by atoms with Crippen molar-refractivity contribution in [1.82, 2.24) is 5.32 Å². The Kier molecular flexibility index (Phi) is 4.80. The summed E-state index contributed by atoms with van der Waals surface area (Å²) in [5.74, 6) is 0.0380. The molecule has 1 amide bonds. The Morgan fingerprint density at radius 3 is 2.65 bits per heavy atom. The van der Waals surface area contributed by atoms with Crippen LogP contribution in [-0.2, 0) is 9.53 Å². The predicted octanol–water partition coefficient (Wildman–Crippen LogP) is 1.33. The van der Waals surface area contributed by atoms with Crippen molar-refractivity contribution in [3.05, 3.63) is 0 Å². The fourth-order valence-corrected chi connectivity index (χ4v) is 2.87. The molecule has 2 unspecified atom stereocenters. The molecular formula is C13H24N2O2. The number of rotatable bonds is 4. The van der Waals surface area contributed by atoms with Crippen molar-refractivity contribution < 1.29 is 9.53 Å². The van der Waals surface area contributed by atoms with Gasteiger partial charge in [0.05, 0.1) is 6.10 Å². The van der Waals surface area contributed by atoms with E-state index in [1.54, 1.807) is 0 Å². The summed E-state index contributed by atoms with van der Waals surface area (Å²) >= 11 is 0. The van der Waals surface area contributed by atoms with Crippen LogP contribution in [-0.4, -0.2) is 30.7 Å². The summed E-state index contributed by atoms with van der Waals surface area (Å²) in [6, 6.07) is 0.645. The van der Waals surface area contributed by atoms with E-state index >= 15 is 0 Å². The molecule has 98 valence electrons. The molecule has 0 bridgehead atoms. The molecule has 2 atom stereocenters. The SMILES string of the molecule is NC1CCCC(OCC(=O)NC2CCCC2)C1. The first-order valence-corrected chi connectivity index (χ1v) is 6.90. The average Bonchev–Trinajstić information content (AvgIpc) is 2.79. The Morgan fingerprint density at radius 2 is 1.94 bits per heavy atom. The van der Waals surface area contributed by atoms with Crippen LogP contribution < -0.4 is 11.1 Å². The molecule has 0 heterocycles. The second-order valence-electron chi connectivity index (χ2n) is 5.41. The molecule has 0 saturated heterocycles. The lowest BCUT2D eigenvalue weighted by Crippen LogP contribution is -2.38. The zero-order chi connectivity index (χ0) is 12.1. The third kappa shape index (κ3) is 4.28. The van der Waals surface area contributed by atoms with E-state index < -0.39 is 0 Å². The molecule has 3 N–H and O–H groups in total. The molecule has 0 aromatic heterocycles. The predicted molar refractivity (Wildman–Crippen MR) is 66.6 cm³/mol. The van der Waals surface area contributed by atoms with Gasteiger partial charge < -0.3 is 15.8 Å². The summed E-state index contributed by atoms with van der Waals surface area (Å²) in [5.41, 5.74) is 5.88. The molecular weight excluding hydrogens is 216 g/mol. The minimum Gasteiger partial charge on any atom is -0.368 e. The minimum atomic E-state index is 0.0380. The Balaban J connectivity index is 1.61. The van der Waals surface area contributed by atoms with E-state index in [0.29, 0.717) is 6.04 Å². The fraction of sp³-hybridized carbons (Fsp3) is 0.923. The molecule has 2 rings (SSSR count). The van der Waals surface area contributed by atoms with Gasteiger partial charge in [-0.05, 0) is 38.5 Å². The number of carbonyl (C=O) groups excluding carboxylic acids is 1. The summed E-state index contributed by atoms with van der Waals surface area (Å²) in [6.45, 7) is 0.202. The van der Waals surface area contributed by atoms with Gasteiger partial charge in [0, 0.05) is 12.1 Å². The quantitative estimate of drug-likeness (QED) is 0.779. The van der Waals surface area contributed by atoms with Crippen LogP contribution in [0, 0.1) is 0 Å². The summed E-state index contributed by atoms with van der Waals surface area (Å²) in [5, 5.41) is 3.03. The average molecular weight is 240 g/mol.